The number of benzene rings is 1. The molecule has 1 nitrogen and oxygen atoms in total. The Morgan fingerprint density at radius 2 is 1.84 bits per heavy atom. The molecule has 0 radical (unpaired) electrons. The summed E-state index contributed by atoms with van der Waals surface area (Å²) in [6.07, 6.45) is -5.24. The van der Waals surface area contributed by atoms with Gasteiger partial charge in [-0.1, -0.05) is 42.1 Å². The average Bonchev–Trinajstić information content (AvgIpc) is 2.39. The highest BCUT2D eigenvalue weighted by molar-refractivity contribution is 8.14. The van der Waals surface area contributed by atoms with Crippen molar-refractivity contribution < 1.29 is 18.0 Å². The molecule has 106 valence electrons. The molecule has 0 amide bonds. The molecule has 0 aliphatic carbocycles. The molecule has 0 spiro atoms. The van der Waals surface area contributed by atoms with Crippen molar-refractivity contribution in [1.29, 1.82) is 0 Å². The van der Waals surface area contributed by atoms with Gasteiger partial charge in [-0.25, -0.2) is 13.2 Å². The van der Waals surface area contributed by atoms with Crippen molar-refractivity contribution in [3.8, 4) is 0 Å². The minimum atomic E-state index is -1.77. The SMILES string of the molecule is CC(F)C(F)CC(F)CCSC(=O)c1ccccc1. The number of thioether (sulfide) groups is 1. The Labute approximate surface area is 115 Å². The van der Waals surface area contributed by atoms with Crippen molar-refractivity contribution in [2.45, 2.75) is 38.3 Å². The van der Waals surface area contributed by atoms with Gasteiger partial charge in [0.05, 0.1) is 0 Å². The predicted octanol–water partition coefficient (Wildman–Crippen LogP) is 4.37. The molecule has 0 fully saturated rings. The molecule has 1 aromatic carbocycles. The second kappa shape index (κ2) is 8.25. The molecule has 3 unspecified atom stereocenters. The van der Waals surface area contributed by atoms with E-state index in [-0.39, 0.29) is 17.3 Å². The van der Waals surface area contributed by atoms with Gasteiger partial charge in [-0.15, -0.1) is 0 Å². The summed E-state index contributed by atoms with van der Waals surface area (Å²) in [5.74, 6) is 0.266. The van der Waals surface area contributed by atoms with Crippen LogP contribution in [0.4, 0.5) is 13.2 Å². The third kappa shape index (κ3) is 6.14. The van der Waals surface area contributed by atoms with Gasteiger partial charge in [-0.3, -0.25) is 4.79 Å². The van der Waals surface area contributed by atoms with Crippen LogP contribution in [-0.4, -0.2) is 29.4 Å². The Hall–Kier alpha value is -0.970. The molecule has 0 bridgehead atoms. The van der Waals surface area contributed by atoms with E-state index in [4.69, 9.17) is 0 Å². The number of rotatable bonds is 7. The smallest absolute Gasteiger partial charge is 0.219 e. The van der Waals surface area contributed by atoms with Gasteiger partial charge in [0.25, 0.3) is 0 Å². The topological polar surface area (TPSA) is 17.1 Å². The fraction of sp³-hybridized carbons (Fsp3) is 0.500. The number of alkyl halides is 3. The zero-order chi connectivity index (χ0) is 14.3. The van der Waals surface area contributed by atoms with Crippen LogP contribution in [0.25, 0.3) is 0 Å². The van der Waals surface area contributed by atoms with Crippen molar-refractivity contribution in [2.75, 3.05) is 5.75 Å². The predicted molar refractivity (Wildman–Crippen MR) is 72.8 cm³/mol. The number of hydrogen-bond donors (Lipinski definition) is 0. The van der Waals surface area contributed by atoms with Gasteiger partial charge in [0.1, 0.15) is 18.5 Å². The van der Waals surface area contributed by atoms with Crippen LogP contribution in [0.3, 0.4) is 0 Å². The van der Waals surface area contributed by atoms with E-state index in [0.29, 0.717) is 5.56 Å². The summed E-state index contributed by atoms with van der Waals surface area (Å²) < 4.78 is 38.8. The number of halogens is 3. The fourth-order valence-corrected chi connectivity index (χ4v) is 2.35. The minimum Gasteiger partial charge on any atom is -0.282 e. The van der Waals surface area contributed by atoms with Gasteiger partial charge in [-0.05, 0) is 13.3 Å². The van der Waals surface area contributed by atoms with E-state index in [2.05, 4.69) is 0 Å². The Morgan fingerprint density at radius 1 is 1.21 bits per heavy atom. The highest BCUT2D eigenvalue weighted by Crippen LogP contribution is 2.19. The maximum Gasteiger partial charge on any atom is 0.219 e. The zero-order valence-corrected chi connectivity index (χ0v) is 11.5. The number of carbonyl (C=O) groups is 1. The van der Waals surface area contributed by atoms with Gasteiger partial charge >= 0.3 is 0 Å². The van der Waals surface area contributed by atoms with E-state index in [1.54, 1.807) is 30.3 Å². The van der Waals surface area contributed by atoms with Gasteiger partial charge in [-0.2, -0.15) is 0 Å². The minimum absolute atomic E-state index is 0.0520. The Morgan fingerprint density at radius 3 is 2.42 bits per heavy atom. The molecule has 0 saturated heterocycles. The monoisotopic (exact) mass is 290 g/mol. The lowest BCUT2D eigenvalue weighted by Crippen LogP contribution is -2.19. The number of carbonyl (C=O) groups excluding carboxylic acids is 1. The van der Waals surface area contributed by atoms with Crippen molar-refractivity contribution in [3.05, 3.63) is 35.9 Å². The molecular formula is C14H17F3OS. The molecule has 0 aliphatic heterocycles. The van der Waals surface area contributed by atoms with E-state index in [1.165, 1.54) is 0 Å². The molecular weight excluding hydrogens is 273 g/mol. The number of hydrogen-bond acceptors (Lipinski definition) is 2. The van der Waals surface area contributed by atoms with Gasteiger partial charge in [0, 0.05) is 17.7 Å². The molecule has 1 rings (SSSR count). The summed E-state index contributed by atoms with van der Waals surface area (Å²) >= 11 is 0.998. The van der Waals surface area contributed by atoms with Crippen LogP contribution < -0.4 is 0 Å². The van der Waals surface area contributed by atoms with Crippen molar-refractivity contribution in [3.63, 3.8) is 0 Å². The Bertz CT molecular complexity index is 384. The zero-order valence-electron chi connectivity index (χ0n) is 10.7. The normalized spacial score (nSPS) is 15.8. The van der Waals surface area contributed by atoms with Gasteiger partial charge in [0.15, 0.2) is 0 Å². The van der Waals surface area contributed by atoms with E-state index < -0.39 is 24.9 Å². The highest BCUT2D eigenvalue weighted by Gasteiger charge is 2.20. The van der Waals surface area contributed by atoms with E-state index in [9.17, 15) is 18.0 Å². The Kier molecular flexibility index (Phi) is 6.99. The van der Waals surface area contributed by atoms with E-state index in [1.807, 2.05) is 0 Å². The molecule has 0 aromatic heterocycles. The molecule has 1 aromatic rings. The van der Waals surface area contributed by atoms with Crippen LogP contribution in [0.5, 0.6) is 0 Å². The standard InChI is InChI=1S/C14H17F3OS/c1-10(15)13(17)9-12(16)7-8-19-14(18)11-5-3-2-4-6-11/h2-6,10,12-13H,7-9H2,1H3. The second-order valence-electron chi connectivity index (χ2n) is 4.32. The molecule has 5 heteroatoms. The first-order valence-electron chi connectivity index (χ1n) is 6.15. The van der Waals surface area contributed by atoms with Crippen molar-refractivity contribution in [1.82, 2.24) is 0 Å². The van der Waals surface area contributed by atoms with Crippen molar-refractivity contribution >= 4 is 16.9 Å². The fourth-order valence-electron chi connectivity index (χ4n) is 1.49. The van der Waals surface area contributed by atoms with E-state index in [0.717, 1.165) is 18.7 Å². The van der Waals surface area contributed by atoms with Crippen LogP contribution in [0.2, 0.25) is 0 Å². The average molecular weight is 290 g/mol. The summed E-state index contributed by atoms with van der Waals surface area (Å²) in [7, 11) is 0. The van der Waals surface area contributed by atoms with Crippen LogP contribution in [-0.2, 0) is 0 Å². The molecule has 0 heterocycles. The first-order valence-corrected chi connectivity index (χ1v) is 7.13. The summed E-state index contributed by atoms with van der Waals surface area (Å²) in [4.78, 5) is 11.7. The highest BCUT2D eigenvalue weighted by atomic mass is 32.2. The van der Waals surface area contributed by atoms with Gasteiger partial charge in [0.2, 0.25) is 5.12 Å². The lowest BCUT2D eigenvalue weighted by Gasteiger charge is -2.12. The molecule has 19 heavy (non-hydrogen) atoms. The van der Waals surface area contributed by atoms with Gasteiger partial charge < -0.3 is 0 Å². The second-order valence-corrected chi connectivity index (χ2v) is 5.38. The molecule has 0 saturated carbocycles. The summed E-state index contributed by atoms with van der Waals surface area (Å²) in [5.41, 5.74) is 0.559. The largest absolute Gasteiger partial charge is 0.282 e. The third-order valence-electron chi connectivity index (χ3n) is 2.65. The maximum atomic E-state index is 13.3. The van der Waals surface area contributed by atoms with Crippen LogP contribution >= 0.6 is 11.8 Å². The van der Waals surface area contributed by atoms with Crippen molar-refractivity contribution in [2.24, 2.45) is 0 Å². The third-order valence-corrected chi connectivity index (χ3v) is 3.59. The van der Waals surface area contributed by atoms with Crippen LogP contribution in [0.15, 0.2) is 30.3 Å². The maximum absolute atomic E-state index is 13.3. The summed E-state index contributed by atoms with van der Waals surface area (Å²) in [5, 5.41) is -0.136. The Balaban J connectivity index is 2.25. The quantitative estimate of drug-likeness (QED) is 0.741. The molecule has 3 atom stereocenters. The summed E-state index contributed by atoms with van der Waals surface area (Å²) in [6.45, 7) is 1.07. The van der Waals surface area contributed by atoms with Crippen LogP contribution in [0, 0.1) is 0 Å². The lowest BCUT2D eigenvalue weighted by molar-refractivity contribution is 0.108. The summed E-state index contributed by atoms with van der Waals surface area (Å²) in [6, 6.07) is 8.68. The first-order chi connectivity index (χ1) is 9.00. The van der Waals surface area contributed by atoms with Crippen LogP contribution in [0.1, 0.15) is 30.1 Å². The lowest BCUT2D eigenvalue weighted by atomic mass is 10.1. The first kappa shape index (κ1) is 16.1. The molecule has 0 N–H and O–H groups in total. The molecule has 0 aliphatic rings. The van der Waals surface area contributed by atoms with E-state index >= 15 is 0 Å².